The van der Waals surface area contributed by atoms with E-state index in [2.05, 4.69) is 10.2 Å². The van der Waals surface area contributed by atoms with E-state index in [-0.39, 0.29) is 30.2 Å². The van der Waals surface area contributed by atoms with E-state index in [4.69, 9.17) is 9.47 Å². The molecular weight excluding hydrogens is 391 g/mol. The summed E-state index contributed by atoms with van der Waals surface area (Å²) in [5.74, 6) is -0.0191. The Hall–Kier alpha value is -2.94. The Bertz CT molecular complexity index is 879. The van der Waals surface area contributed by atoms with E-state index in [1.807, 2.05) is 0 Å². The molecule has 1 N–H and O–H groups in total. The number of carbonyl (C=O) groups excluding carboxylic acids is 2. The van der Waals surface area contributed by atoms with Crippen molar-refractivity contribution in [3.8, 4) is 5.75 Å². The van der Waals surface area contributed by atoms with E-state index in [1.165, 1.54) is 24.3 Å². The average molecular weight is 416 g/mol. The zero-order chi connectivity index (χ0) is 20.9. The first kappa shape index (κ1) is 20.3. The van der Waals surface area contributed by atoms with Crippen LogP contribution in [-0.2, 0) is 9.53 Å². The Labute approximate surface area is 173 Å². The van der Waals surface area contributed by atoms with Gasteiger partial charge in [-0.2, -0.15) is 5.10 Å². The van der Waals surface area contributed by atoms with E-state index >= 15 is 0 Å². The minimum absolute atomic E-state index is 0.0901. The van der Waals surface area contributed by atoms with Crippen molar-refractivity contribution in [2.24, 2.45) is 0 Å². The number of likely N-dealkylation sites (tertiary alicyclic amines) is 1. The molecule has 2 aliphatic heterocycles. The Balaban J connectivity index is 1.33. The molecule has 0 aliphatic carbocycles. The number of ether oxygens (including phenoxy) is 2. The van der Waals surface area contributed by atoms with Gasteiger partial charge < -0.3 is 19.3 Å². The third kappa shape index (κ3) is 4.79. The second kappa shape index (κ2) is 9.25. The normalized spacial score (nSPS) is 19.6. The van der Waals surface area contributed by atoms with Crippen molar-refractivity contribution in [1.82, 2.24) is 20.0 Å². The second-order valence-electron chi connectivity index (χ2n) is 7.53. The molecule has 1 unspecified atom stereocenters. The van der Waals surface area contributed by atoms with E-state index in [1.54, 1.807) is 15.9 Å². The number of hydrogen-bond acceptors (Lipinski definition) is 5. The van der Waals surface area contributed by atoms with Crippen LogP contribution in [-0.4, -0.2) is 77.8 Å². The lowest BCUT2D eigenvalue weighted by molar-refractivity contribution is -0.134. The van der Waals surface area contributed by atoms with Gasteiger partial charge in [-0.25, -0.2) is 4.39 Å². The number of aromatic amines is 1. The maximum Gasteiger partial charge on any atom is 0.274 e. The molecule has 1 aromatic carbocycles. The van der Waals surface area contributed by atoms with Crippen molar-refractivity contribution in [3.05, 3.63) is 47.5 Å². The van der Waals surface area contributed by atoms with E-state index in [9.17, 15) is 14.0 Å². The number of amides is 2. The molecule has 2 aromatic rings. The van der Waals surface area contributed by atoms with Crippen molar-refractivity contribution in [2.45, 2.75) is 18.8 Å². The number of halogens is 1. The molecule has 3 heterocycles. The summed E-state index contributed by atoms with van der Waals surface area (Å²) in [5.41, 5.74) is 1.26. The highest BCUT2D eigenvalue weighted by Gasteiger charge is 2.28. The number of morpholine rings is 1. The Morgan fingerprint density at radius 1 is 1.17 bits per heavy atom. The van der Waals surface area contributed by atoms with Gasteiger partial charge in [0.05, 0.1) is 13.2 Å². The van der Waals surface area contributed by atoms with Crippen LogP contribution in [0, 0.1) is 5.82 Å². The monoisotopic (exact) mass is 416 g/mol. The summed E-state index contributed by atoms with van der Waals surface area (Å²) in [6.07, 6.45) is 1.77. The highest BCUT2D eigenvalue weighted by Crippen LogP contribution is 2.26. The molecule has 30 heavy (non-hydrogen) atoms. The molecular formula is C21H25FN4O4. The van der Waals surface area contributed by atoms with Gasteiger partial charge in [0.2, 0.25) is 0 Å². The molecule has 1 aromatic heterocycles. The molecule has 2 fully saturated rings. The van der Waals surface area contributed by atoms with Crippen LogP contribution in [0.2, 0.25) is 0 Å². The smallest absolute Gasteiger partial charge is 0.274 e. The van der Waals surface area contributed by atoms with Crippen LogP contribution in [0.3, 0.4) is 0 Å². The predicted molar refractivity (Wildman–Crippen MR) is 106 cm³/mol. The number of carbonyl (C=O) groups is 2. The molecule has 2 aliphatic rings. The van der Waals surface area contributed by atoms with Crippen molar-refractivity contribution >= 4 is 11.8 Å². The average Bonchev–Trinajstić information content (AvgIpc) is 3.29. The van der Waals surface area contributed by atoms with Crippen LogP contribution < -0.4 is 4.74 Å². The standard InChI is InChI=1S/C21H25FN4O4/c22-16-3-5-17(6-4-16)30-14-20(27)26-7-1-2-15(13-26)18-12-19(24-23-18)21(28)25-8-10-29-11-9-25/h3-6,12,15H,1-2,7-11,13-14H2,(H,23,24). The van der Waals surface area contributed by atoms with Gasteiger partial charge in [-0.1, -0.05) is 0 Å². The summed E-state index contributed by atoms with van der Waals surface area (Å²) < 4.78 is 23.7. The number of piperidine rings is 1. The summed E-state index contributed by atoms with van der Waals surface area (Å²) in [4.78, 5) is 28.7. The first-order chi connectivity index (χ1) is 14.6. The first-order valence-electron chi connectivity index (χ1n) is 10.2. The molecule has 2 saturated heterocycles. The third-order valence-electron chi connectivity index (χ3n) is 5.50. The molecule has 0 spiro atoms. The summed E-state index contributed by atoms with van der Waals surface area (Å²) in [6, 6.07) is 7.39. The lowest BCUT2D eigenvalue weighted by Gasteiger charge is -2.32. The summed E-state index contributed by atoms with van der Waals surface area (Å²) in [6.45, 7) is 3.34. The van der Waals surface area contributed by atoms with Crippen LogP contribution in [0.4, 0.5) is 4.39 Å². The maximum absolute atomic E-state index is 13.0. The molecule has 160 valence electrons. The number of nitrogens with zero attached hydrogens (tertiary/aromatic N) is 3. The number of aromatic nitrogens is 2. The minimum Gasteiger partial charge on any atom is -0.484 e. The van der Waals surface area contributed by atoms with Crippen LogP contribution in [0.5, 0.6) is 5.75 Å². The fourth-order valence-corrected chi connectivity index (χ4v) is 3.81. The van der Waals surface area contributed by atoms with Crippen molar-refractivity contribution in [1.29, 1.82) is 0 Å². The van der Waals surface area contributed by atoms with Crippen LogP contribution >= 0.6 is 0 Å². The highest BCUT2D eigenvalue weighted by molar-refractivity contribution is 5.92. The number of hydrogen-bond donors (Lipinski definition) is 1. The molecule has 0 saturated carbocycles. The third-order valence-corrected chi connectivity index (χ3v) is 5.50. The van der Waals surface area contributed by atoms with Gasteiger partial charge in [-0.05, 0) is 43.2 Å². The quantitative estimate of drug-likeness (QED) is 0.803. The number of rotatable bonds is 5. The van der Waals surface area contributed by atoms with Gasteiger partial charge >= 0.3 is 0 Å². The number of H-pyrrole nitrogens is 1. The molecule has 8 nitrogen and oxygen atoms in total. The van der Waals surface area contributed by atoms with Gasteiger partial charge in [-0.3, -0.25) is 14.7 Å². The Morgan fingerprint density at radius 3 is 2.70 bits per heavy atom. The summed E-state index contributed by atoms with van der Waals surface area (Å²) >= 11 is 0. The summed E-state index contributed by atoms with van der Waals surface area (Å²) in [5, 5.41) is 7.19. The van der Waals surface area contributed by atoms with Crippen molar-refractivity contribution in [3.63, 3.8) is 0 Å². The molecule has 1 atom stereocenters. The zero-order valence-corrected chi connectivity index (χ0v) is 16.7. The van der Waals surface area contributed by atoms with Gasteiger partial charge in [0.1, 0.15) is 17.3 Å². The topological polar surface area (TPSA) is 87.8 Å². The van der Waals surface area contributed by atoms with Crippen LogP contribution in [0.15, 0.2) is 30.3 Å². The Kier molecular flexibility index (Phi) is 6.27. The molecule has 2 amide bonds. The highest BCUT2D eigenvalue weighted by atomic mass is 19.1. The van der Waals surface area contributed by atoms with Gasteiger partial charge in [-0.15, -0.1) is 0 Å². The molecule has 0 bridgehead atoms. The van der Waals surface area contributed by atoms with Crippen molar-refractivity contribution < 1.29 is 23.5 Å². The van der Waals surface area contributed by atoms with Crippen LogP contribution in [0.1, 0.15) is 34.9 Å². The predicted octanol–water partition coefficient (Wildman–Crippen LogP) is 1.81. The number of benzene rings is 1. The zero-order valence-electron chi connectivity index (χ0n) is 16.7. The molecule has 0 radical (unpaired) electrons. The molecule has 9 heteroatoms. The van der Waals surface area contributed by atoms with E-state index in [0.717, 1.165) is 18.5 Å². The van der Waals surface area contributed by atoms with Gasteiger partial charge in [0.15, 0.2) is 6.61 Å². The summed E-state index contributed by atoms with van der Waals surface area (Å²) in [7, 11) is 0. The first-order valence-corrected chi connectivity index (χ1v) is 10.2. The van der Waals surface area contributed by atoms with Gasteiger partial charge in [0, 0.05) is 37.8 Å². The maximum atomic E-state index is 13.0. The molecule has 4 rings (SSSR count). The van der Waals surface area contributed by atoms with Crippen LogP contribution in [0.25, 0.3) is 0 Å². The second-order valence-corrected chi connectivity index (χ2v) is 7.53. The van der Waals surface area contributed by atoms with Crippen molar-refractivity contribution in [2.75, 3.05) is 46.0 Å². The lowest BCUT2D eigenvalue weighted by atomic mass is 9.94. The SMILES string of the molecule is O=C(COc1ccc(F)cc1)N1CCCC(c2cc(C(=O)N3CCOCC3)n[nH]2)C1. The van der Waals surface area contributed by atoms with E-state index < -0.39 is 0 Å². The fourth-order valence-electron chi connectivity index (χ4n) is 3.81. The lowest BCUT2D eigenvalue weighted by Crippen LogP contribution is -2.41. The Morgan fingerprint density at radius 2 is 1.93 bits per heavy atom. The minimum atomic E-state index is -0.349. The fraction of sp³-hybridized carbons (Fsp3) is 0.476. The number of nitrogens with one attached hydrogen (secondary N) is 1. The largest absolute Gasteiger partial charge is 0.484 e. The van der Waals surface area contributed by atoms with Gasteiger partial charge in [0.25, 0.3) is 11.8 Å². The van der Waals surface area contributed by atoms with E-state index in [0.29, 0.717) is 50.8 Å².